The predicted molar refractivity (Wildman–Crippen MR) is 80.1 cm³/mol. The number of carboxylic acids is 1. The molecule has 0 aliphatic heterocycles. The summed E-state index contributed by atoms with van der Waals surface area (Å²) in [5, 5.41) is 22.6. The van der Waals surface area contributed by atoms with Gasteiger partial charge in [-0.2, -0.15) is 0 Å². The summed E-state index contributed by atoms with van der Waals surface area (Å²) in [7, 11) is 0. The van der Waals surface area contributed by atoms with Gasteiger partial charge in [0.25, 0.3) is 5.91 Å². The summed E-state index contributed by atoms with van der Waals surface area (Å²) in [6.07, 6.45) is 0. The van der Waals surface area contributed by atoms with Gasteiger partial charge in [-0.05, 0) is 46.9 Å². The van der Waals surface area contributed by atoms with Gasteiger partial charge in [0.15, 0.2) is 0 Å². The predicted octanol–water partition coefficient (Wildman–Crippen LogP) is 3.01. The number of hydrogen-bond donors (Lipinski definition) is 3. The van der Waals surface area contributed by atoms with Crippen LogP contribution in [-0.4, -0.2) is 22.1 Å². The molecule has 0 aliphatic carbocycles. The summed E-state index contributed by atoms with van der Waals surface area (Å²) >= 11 is 3.52. The van der Waals surface area contributed by atoms with E-state index in [-0.39, 0.29) is 17.0 Å². The number of thiophene rings is 1. The van der Waals surface area contributed by atoms with Gasteiger partial charge in [0, 0.05) is 5.38 Å². The molecular formula is C12H8INO4S. The number of aromatic carboxylic acids is 1. The van der Waals surface area contributed by atoms with E-state index < -0.39 is 11.9 Å². The SMILES string of the molecule is O=C(O)c1ccc(O)c(NC(=O)c2csc(I)c2)c1. The smallest absolute Gasteiger partial charge is 0.335 e. The summed E-state index contributed by atoms with van der Waals surface area (Å²) in [5.74, 6) is -1.69. The van der Waals surface area contributed by atoms with E-state index in [0.29, 0.717) is 5.56 Å². The molecule has 0 saturated carbocycles. The number of benzene rings is 1. The summed E-state index contributed by atoms with van der Waals surface area (Å²) < 4.78 is 0.964. The first-order chi connectivity index (χ1) is 8.97. The van der Waals surface area contributed by atoms with Crippen molar-refractivity contribution in [2.75, 3.05) is 5.32 Å². The van der Waals surface area contributed by atoms with E-state index in [4.69, 9.17) is 5.11 Å². The highest BCUT2D eigenvalue weighted by atomic mass is 127. The first-order valence-corrected chi connectivity index (χ1v) is 7.05. The lowest BCUT2D eigenvalue weighted by Crippen LogP contribution is -2.11. The summed E-state index contributed by atoms with van der Waals surface area (Å²) in [6.45, 7) is 0. The van der Waals surface area contributed by atoms with Crippen LogP contribution in [0, 0.1) is 2.88 Å². The number of carboxylic acid groups (broad SMARTS) is 1. The average molecular weight is 389 g/mol. The molecule has 0 spiro atoms. The summed E-state index contributed by atoms with van der Waals surface area (Å²) in [6, 6.07) is 5.42. The van der Waals surface area contributed by atoms with Crippen LogP contribution in [-0.2, 0) is 0 Å². The number of nitrogens with one attached hydrogen (secondary N) is 1. The molecule has 0 atom stereocenters. The molecular weight excluding hydrogens is 381 g/mol. The first kappa shape index (κ1) is 13.8. The second kappa shape index (κ2) is 5.57. The monoisotopic (exact) mass is 389 g/mol. The Hall–Kier alpha value is -1.61. The molecule has 19 heavy (non-hydrogen) atoms. The van der Waals surface area contributed by atoms with Gasteiger partial charge >= 0.3 is 5.97 Å². The third kappa shape index (κ3) is 3.24. The third-order valence-electron chi connectivity index (χ3n) is 2.32. The molecule has 1 amide bonds. The molecule has 98 valence electrons. The molecule has 1 aromatic carbocycles. The minimum absolute atomic E-state index is 0.00648. The van der Waals surface area contributed by atoms with Crippen molar-refractivity contribution in [3.63, 3.8) is 0 Å². The van der Waals surface area contributed by atoms with E-state index in [1.54, 1.807) is 11.4 Å². The van der Waals surface area contributed by atoms with Gasteiger partial charge in [0.1, 0.15) is 5.75 Å². The molecule has 1 heterocycles. The van der Waals surface area contributed by atoms with Gasteiger partial charge in [-0.3, -0.25) is 4.79 Å². The van der Waals surface area contributed by atoms with Crippen molar-refractivity contribution in [2.24, 2.45) is 0 Å². The molecule has 3 N–H and O–H groups in total. The second-order valence-electron chi connectivity index (χ2n) is 3.63. The van der Waals surface area contributed by atoms with Crippen LogP contribution in [0.4, 0.5) is 5.69 Å². The zero-order chi connectivity index (χ0) is 14.0. The van der Waals surface area contributed by atoms with Crippen LogP contribution in [0.3, 0.4) is 0 Å². The van der Waals surface area contributed by atoms with E-state index in [2.05, 4.69) is 27.9 Å². The van der Waals surface area contributed by atoms with Crippen LogP contribution >= 0.6 is 33.9 Å². The lowest BCUT2D eigenvalue weighted by molar-refractivity contribution is 0.0696. The fraction of sp³-hybridized carbons (Fsp3) is 0. The Kier molecular flexibility index (Phi) is 4.05. The number of carbonyl (C=O) groups excluding carboxylic acids is 1. The molecule has 1 aromatic heterocycles. The molecule has 0 saturated heterocycles. The van der Waals surface area contributed by atoms with Crippen molar-refractivity contribution in [3.8, 4) is 5.75 Å². The number of anilines is 1. The Morgan fingerprint density at radius 1 is 1.21 bits per heavy atom. The number of phenols is 1. The van der Waals surface area contributed by atoms with Gasteiger partial charge in [0.2, 0.25) is 0 Å². The Balaban J connectivity index is 2.25. The Bertz CT molecular complexity index is 653. The molecule has 2 rings (SSSR count). The summed E-state index contributed by atoms with van der Waals surface area (Å²) in [5.41, 5.74) is 0.536. The Morgan fingerprint density at radius 3 is 2.53 bits per heavy atom. The molecule has 5 nitrogen and oxygen atoms in total. The minimum Gasteiger partial charge on any atom is -0.506 e. The Morgan fingerprint density at radius 2 is 1.95 bits per heavy atom. The van der Waals surface area contributed by atoms with Crippen molar-refractivity contribution in [2.45, 2.75) is 0 Å². The van der Waals surface area contributed by atoms with Gasteiger partial charge < -0.3 is 15.5 Å². The lowest BCUT2D eigenvalue weighted by atomic mass is 10.2. The van der Waals surface area contributed by atoms with E-state index in [9.17, 15) is 14.7 Å². The van der Waals surface area contributed by atoms with Crippen LogP contribution in [0.5, 0.6) is 5.75 Å². The van der Waals surface area contributed by atoms with Crippen molar-refractivity contribution in [3.05, 3.63) is 43.7 Å². The normalized spacial score (nSPS) is 10.2. The molecule has 0 radical (unpaired) electrons. The number of halogens is 1. The lowest BCUT2D eigenvalue weighted by Gasteiger charge is -2.07. The number of amides is 1. The highest BCUT2D eigenvalue weighted by Gasteiger charge is 2.13. The zero-order valence-corrected chi connectivity index (χ0v) is 12.4. The number of rotatable bonds is 3. The van der Waals surface area contributed by atoms with Gasteiger partial charge in [0.05, 0.1) is 19.7 Å². The third-order valence-corrected chi connectivity index (χ3v) is 4.11. The molecule has 0 fully saturated rings. The number of carbonyl (C=O) groups is 2. The van der Waals surface area contributed by atoms with Gasteiger partial charge in [-0.1, -0.05) is 0 Å². The molecule has 0 unspecified atom stereocenters. The van der Waals surface area contributed by atoms with E-state index in [0.717, 1.165) is 2.88 Å². The highest BCUT2D eigenvalue weighted by molar-refractivity contribution is 14.1. The van der Waals surface area contributed by atoms with Crippen LogP contribution in [0.25, 0.3) is 0 Å². The van der Waals surface area contributed by atoms with E-state index in [1.807, 2.05) is 0 Å². The maximum atomic E-state index is 11.9. The summed E-state index contributed by atoms with van der Waals surface area (Å²) in [4.78, 5) is 22.7. The standard InChI is InChI=1S/C12H8INO4S/c13-10-4-7(5-19-10)11(16)14-8-3-6(12(17)18)1-2-9(8)15/h1-5,15H,(H,14,16)(H,17,18). The number of phenolic OH excluding ortho intramolecular Hbond substituents is 1. The van der Waals surface area contributed by atoms with Crippen LogP contribution < -0.4 is 5.32 Å². The van der Waals surface area contributed by atoms with Crippen LogP contribution in [0.15, 0.2) is 29.6 Å². The highest BCUT2D eigenvalue weighted by Crippen LogP contribution is 2.25. The topological polar surface area (TPSA) is 86.6 Å². The molecule has 0 aliphatic rings. The fourth-order valence-corrected chi connectivity index (χ4v) is 2.72. The number of hydrogen-bond acceptors (Lipinski definition) is 4. The van der Waals surface area contributed by atoms with Crippen LogP contribution in [0.1, 0.15) is 20.7 Å². The maximum Gasteiger partial charge on any atom is 0.335 e. The van der Waals surface area contributed by atoms with E-state index >= 15 is 0 Å². The van der Waals surface area contributed by atoms with Crippen molar-refractivity contribution >= 4 is 51.5 Å². The minimum atomic E-state index is -1.12. The number of aromatic hydroxyl groups is 1. The average Bonchev–Trinajstić information content (AvgIpc) is 2.78. The van der Waals surface area contributed by atoms with Crippen molar-refractivity contribution in [1.82, 2.24) is 0 Å². The molecule has 0 bridgehead atoms. The van der Waals surface area contributed by atoms with E-state index in [1.165, 1.54) is 29.5 Å². The van der Waals surface area contributed by atoms with Gasteiger partial charge in [-0.25, -0.2) is 4.79 Å². The molecule has 2 aromatic rings. The fourth-order valence-electron chi connectivity index (χ4n) is 1.39. The Labute approximate surface area is 126 Å². The van der Waals surface area contributed by atoms with Crippen molar-refractivity contribution < 1.29 is 19.8 Å². The first-order valence-electron chi connectivity index (χ1n) is 5.09. The van der Waals surface area contributed by atoms with Crippen molar-refractivity contribution in [1.29, 1.82) is 0 Å². The van der Waals surface area contributed by atoms with Crippen LogP contribution in [0.2, 0.25) is 0 Å². The quantitative estimate of drug-likeness (QED) is 0.557. The zero-order valence-electron chi connectivity index (χ0n) is 9.38. The molecule has 7 heteroatoms. The largest absolute Gasteiger partial charge is 0.506 e. The maximum absolute atomic E-state index is 11.9. The second-order valence-corrected chi connectivity index (χ2v) is 6.44. The van der Waals surface area contributed by atoms with Gasteiger partial charge in [-0.15, -0.1) is 11.3 Å².